The van der Waals surface area contributed by atoms with Gasteiger partial charge in [0.25, 0.3) is 0 Å². The fraction of sp³-hybridized carbons (Fsp3) is 0.611. The number of hydrogen-bond acceptors (Lipinski definition) is 3. The molecule has 1 saturated heterocycles. The van der Waals surface area contributed by atoms with Gasteiger partial charge < -0.3 is 15.4 Å². The molecule has 0 aromatic heterocycles. The SMILES string of the molecule is COCC1(CNC(=O)C2CC2c2ccc(F)cc2F)CCNCC1. The molecule has 6 heteroatoms. The Morgan fingerprint density at radius 1 is 1.38 bits per heavy atom. The smallest absolute Gasteiger partial charge is 0.223 e. The fourth-order valence-corrected chi connectivity index (χ4v) is 3.67. The lowest BCUT2D eigenvalue weighted by Crippen LogP contribution is -2.47. The van der Waals surface area contributed by atoms with E-state index in [0.29, 0.717) is 25.1 Å². The summed E-state index contributed by atoms with van der Waals surface area (Å²) in [6.45, 7) is 3.05. The first-order valence-corrected chi connectivity index (χ1v) is 8.47. The van der Waals surface area contributed by atoms with E-state index in [1.807, 2.05) is 0 Å². The van der Waals surface area contributed by atoms with E-state index in [2.05, 4.69) is 10.6 Å². The summed E-state index contributed by atoms with van der Waals surface area (Å²) >= 11 is 0. The zero-order valence-electron chi connectivity index (χ0n) is 13.9. The molecular weight excluding hydrogens is 314 g/mol. The van der Waals surface area contributed by atoms with Crippen LogP contribution in [0.5, 0.6) is 0 Å². The number of carbonyl (C=O) groups excluding carboxylic acids is 1. The highest BCUT2D eigenvalue weighted by molar-refractivity contribution is 5.82. The zero-order chi connectivity index (χ0) is 17.2. The zero-order valence-corrected chi connectivity index (χ0v) is 13.9. The van der Waals surface area contributed by atoms with Crippen molar-refractivity contribution in [1.29, 1.82) is 0 Å². The third-order valence-corrected chi connectivity index (χ3v) is 5.24. The van der Waals surface area contributed by atoms with Gasteiger partial charge in [0, 0.05) is 31.1 Å². The van der Waals surface area contributed by atoms with E-state index < -0.39 is 11.6 Å². The van der Waals surface area contributed by atoms with Crippen LogP contribution in [0.3, 0.4) is 0 Å². The summed E-state index contributed by atoms with van der Waals surface area (Å²) in [5.41, 5.74) is 0.409. The van der Waals surface area contributed by atoms with Crippen molar-refractivity contribution in [2.24, 2.45) is 11.3 Å². The molecule has 1 saturated carbocycles. The third-order valence-electron chi connectivity index (χ3n) is 5.24. The van der Waals surface area contributed by atoms with Gasteiger partial charge in [-0.2, -0.15) is 0 Å². The van der Waals surface area contributed by atoms with Crippen LogP contribution in [0, 0.1) is 23.0 Å². The quantitative estimate of drug-likeness (QED) is 0.836. The van der Waals surface area contributed by atoms with Gasteiger partial charge in [-0.1, -0.05) is 6.07 Å². The molecule has 132 valence electrons. The first-order valence-electron chi connectivity index (χ1n) is 8.47. The van der Waals surface area contributed by atoms with E-state index in [4.69, 9.17) is 4.74 Å². The molecule has 1 aliphatic carbocycles. The number of ether oxygens (including phenoxy) is 1. The molecule has 2 atom stereocenters. The number of nitrogens with one attached hydrogen (secondary N) is 2. The van der Waals surface area contributed by atoms with Crippen molar-refractivity contribution in [2.45, 2.75) is 25.2 Å². The van der Waals surface area contributed by atoms with Gasteiger partial charge in [0.05, 0.1) is 6.61 Å². The van der Waals surface area contributed by atoms with Crippen LogP contribution >= 0.6 is 0 Å². The molecule has 0 bridgehead atoms. The predicted molar refractivity (Wildman–Crippen MR) is 86.6 cm³/mol. The number of carbonyl (C=O) groups is 1. The topological polar surface area (TPSA) is 50.4 Å². The largest absolute Gasteiger partial charge is 0.384 e. The lowest BCUT2D eigenvalue weighted by molar-refractivity contribution is -0.123. The molecule has 1 aliphatic heterocycles. The molecule has 3 rings (SSSR count). The van der Waals surface area contributed by atoms with Gasteiger partial charge >= 0.3 is 0 Å². The van der Waals surface area contributed by atoms with Crippen molar-refractivity contribution in [2.75, 3.05) is 33.4 Å². The van der Waals surface area contributed by atoms with Crippen molar-refractivity contribution >= 4 is 5.91 Å². The highest BCUT2D eigenvalue weighted by Gasteiger charge is 2.45. The van der Waals surface area contributed by atoms with Gasteiger partial charge in [-0.3, -0.25) is 4.79 Å². The standard InChI is InChI=1S/C18H24F2N2O2/c1-24-11-18(4-6-21-7-5-18)10-22-17(23)15-9-14(15)13-3-2-12(19)8-16(13)20/h2-3,8,14-15,21H,4-7,9-11H2,1H3,(H,22,23). The second kappa shape index (κ2) is 7.15. The second-order valence-corrected chi connectivity index (χ2v) is 7.02. The molecule has 2 N–H and O–H groups in total. The molecule has 2 unspecified atom stereocenters. The minimum Gasteiger partial charge on any atom is -0.384 e. The summed E-state index contributed by atoms with van der Waals surface area (Å²) < 4.78 is 32.2. The Hall–Kier alpha value is -1.53. The van der Waals surface area contributed by atoms with Crippen molar-refractivity contribution in [1.82, 2.24) is 10.6 Å². The summed E-state index contributed by atoms with van der Waals surface area (Å²) in [4.78, 5) is 12.4. The van der Waals surface area contributed by atoms with Gasteiger partial charge in [0.1, 0.15) is 11.6 Å². The van der Waals surface area contributed by atoms with E-state index in [-0.39, 0.29) is 23.2 Å². The van der Waals surface area contributed by atoms with E-state index in [1.54, 1.807) is 7.11 Å². The van der Waals surface area contributed by atoms with Gasteiger partial charge in [0.2, 0.25) is 5.91 Å². The number of rotatable bonds is 6. The van der Waals surface area contributed by atoms with E-state index in [9.17, 15) is 13.6 Å². The van der Waals surface area contributed by atoms with Crippen LogP contribution in [0.4, 0.5) is 8.78 Å². The summed E-state index contributed by atoms with van der Waals surface area (Å²) in [6, 6.07) is 3.57. The first-order chi connectivity index (χ1) is 11.5. The van der Waals surface area contributed by atoms with E-state index in [0.717, 1.165) is 32.0 Å². The molecule has 0 radical (unpaired) electrons. The Bertz CT molecular complexity index is 597. The second-order valence-electron chi connectivity index (χ2n) is 7.02. The Kier molecular flexibility index (Phi) is 5.15. The molecule has 0 spiro atoms. The van der Waals surface area contributed by atoms with Crippen LogP contribution in [0.2, 0.25) is 0 Å². The van der Waals surface area contributed by atoms with Gasteiger partial charge in [-0.25, -0.2) is 8.78 Å². The number of benzene rings is 1. The van der Waals surface area contributed by atoms with Crippen LogP contribution in [0.1, 0.15) is 30.7 Å². The van der Waals surface area contributed by atoms with E-state index in [1.165, 1.54) is 12.1 Å². The Morgan fingerprint density at radius 3 is 2.79 bits per heavy atom. The van der Waals surface area contributed by atoms with Gasteiger partial charge in [0.15, 0.2) is 0 Å². The maximum absolute atomic E-state index is 13.8. The van der Waals surface area contributed by atoms with Crippen LogP contribution < -0.4 is 10.6 Å². The lowest BCUT2D eigenvalue weighted by atomic mass is 9.79. The maximum Gasteiger partial charge on any atom is 0.223 e. The molecule has 1 amide bonds. The number of amides is 1. The summed E-state index contributed by atoms with van der Waals surface area (Å²) in [6.07, 6.45) is 2.54. The highest BCUT2D eigenvalue weighted by atomic mass is 19.1. The normalized spacial score (nSPS) is 25.3. The predicted octanol–water partition coefficient (Wildman–Crippen LogP) is 2.20. The third kappa shape index (κ3) is 3.75. The average Bonchev–Trinajstić information content (AvgIpc) is 3.34. The molecule has 2 aliphatic rings. The van der Waals surface area contributed by atoms with Crippen LogP contribution in [-0.2, 0) is 9.53 Å². The highest BCUT2D eigenvalue weighted by Crippen LogP contribution is 2.48. The Balaban J connectivity index is 1.56. The molecule has 1 aromatic rings. The fourth-order valence-electron chi connectivity index (χ4n) is 3.67. The van der Waals surface area contributed by atoms with Crippen molar-refractivity contribution in [3.8, 4) is 0 Å². The molecule has 1 aromatic carbocycles. The maximum atomic E-state index is 13.8. The molecular formula is C18H24F2N2O2. The number of methoxy groups -OCH3 is 1. The number of hydrogen-bond donors (Lipinski definition) is 2. The number of halogens is 2. The molecule has 1 heterocycles. The van der Waals surface area contributed by atoms with Crippen LogP contribution in [0.15, 0.2) is 18.2 Å². The lowest BCUT2D eigenvalue weighted by Gasteiger charge is -2.37. The van der Waals surface area contributed by atoms with E-state index >= 15 is 0 Å². The minimum atomic E-state index is -0.592. The van der Waals surface area contributed by atoms with Crippen molar-refractivity contribution in [3.05, 3.63) is 35.4 Å². The van der Waals surface area contributed by atoms with Gasteiger partial charge in [-0.15, -0.1) is 0 Å². The average molecular weight is 338 g/mol. The Morgan fingerprint density at radius 2 is 2.12 bits per heavy atom. The van der Waals surface area contributed by atoms with Crippen LogP contribution in [-0.4, -0.2) is 39.3 Å². The number of piperidine rings is 1. The first kappa shape index (κ1) is 17.3. The van der Waals surface area contributed by atoms with Crippen molar-refractivity contribution in [3.63, 3.8) is 0 Å². The van der Waals surface area contributed by atoms with Crippen molar-refractivity contribution < 1.29 is 18.3 Å². The summed E-state index contributed by atoms with van der Waals surface area (Å²) in [5.74, 6) is -1.56. The summed E-state index contributed by atoms with van der Waals surface area (Å²) in [5, 5.41) is 6.35. The molecule has 2 fully saturated rings. The Labute approximate surface area is 141 Å². The molecule has 24 heavy (non-hydrogen) atoms. The summed E-state index contributed by atoms with van der Waals surface area (Å²) in [7, 11) is 1.68. The van der Waals surface area contributed by atoms with Crippen LogP contribution in [0.25, 0.3) is 0 Å². The van der Waals surface area contributed by atoms with Gasteiger partial charge in [-0.05, 0) is 49.9 Å². The monoisotopic (exact) mass is 338 g/mol. The minimum absolute atomic E-state index is 0.0266. The molecule has 4 nitrogen and oxygen atoms in total.